The molecule has 25 heavy (non-hydrogen) atoms. The van der Waals surface area contributed by atoms with Gasteiger partial charge in [0, 0.05) is 23.5 Å². The van der Waals surface area contributed by atoms with E-state index in [2.05, 4.69) is 38.1 Å². The minimum atomic E-state index is -0.248. The van der Waals surface area contributed by atoms with Gasteiger partial charge in [-0.2, -0.15) is 0 Å². The smallest absolute Gasteiger partial charge is 0.248 e. The summed E-state index contributed by atoms with van der Waals surface area (Å²) in [5.41, 5.74) is 2.16. The summed E-state index contributed by atoms with van der Waals surface area (Å²) in [7, 11) is 0. The zero-order valence-electron chi connectivity index (χ0n) is 13.1. The van der Waals surface area contributed by atoms with Crippen LogP contribution in [0.25, 0.3) is 6.08 Å². The monoisotopic (exact) mass is 392 g/mol. The van der Waals surface area contributed by atoms with Gasteiger partial charge in [0.15, 0.2) is 4.67 Å². The maximum Gasteiger partial charge on any atom is 0.248 e. The molecule has 1 N–H and O–H groups in total. The van der Waals surface area contributed by atoms with Gasteiger partial charge in [0.2, 0.25) is 5.91 Å². The molecule has 0 radical (unpaired) electrons. The molecule has 0 fully saturated rings. The first-order valence-corrected chi connectivity index (χ1v) is 8.26. The topological polar surface area (TPSA) is 55.1 Å². The highest BCUT2D eigenvalue weighted by atomic mass is 79.9. The summed E-state index contributed by atoms with van der Waals surface area (Å²) in [6.45, 7) is 0. The number of carbonyl (C=O) groups excluding carboxylic acids is 1. The standard InChI is InChI=1S/C20H13BrN2O2/c21-19-11-9-18(25-19)10-12-20(24)23-17-6-3-4-15(14-17)7-8-16-5-1-2-13-22-16/h1-6,9-14H,(H,23,24)/b12-10-. The molecule has 0 saturated heterocycles. The third kappa shape index (κ3) is 5.20. The van der Waals surface area contributed by atoms with Crippen molar-refractivity contribution in [1.82, 2.24) is 4.98 Å². The lowest BCUT2D eigenvalue weighted by molar-refractivity contribution is -0.111. The fourth-order valence-corrected chi connectivity index (χ4v) is 2.33. The van der Waals surface area contributed by atoms with Crippen molar-refractivity contribution in [2.24, 2.45) is 0 Å². The Hall–Kier alpha value is -3.10. The molecule has 2 aromatic heterocycles. The van der Waals surface area contributed by atoms with E-state index in [0.29, 0.717) is 21.8 Å². The number of nitrogens with one attached hydrogen (secondary N) is 1. The van der Waals surface area contributed by atoms with Crippen molar-refractivity contribution in [3.8, 4) is 11.8 Å². The van der Waals surface area contributed by atoms with Crippen LogP contribution in [0.2, 0.25) is 0 Å². The van der Waals surface area contributed by atoms with Crippen molar-refractivity contribution in [1.29, 1.82) is 0 Å². The quantitative estimate of drug-likeness (QED) is 0.527. The van der Waals surface area contributed by atoms with Crippen LogP contribution in [0.1, 0.15) is 17.0 Å². The molecule has 0 aliphatic rings. The third-order valence-corrected chi connectivity index (χ3v) is 3.55. The number of anilines is 1. The highest BCUT2D eigenvalue weighted by molar-refractivity contribution is 9.10. The number of rotatable bonds is 3. The summed E-state index contributed by atoms with van der Waals surface area (Å²) < 4.78 is 5.92. The first-order chi connectivity index (χ1) is 12.2. The van der Waals surface area contributed by atoms with Crippen molar-refractivity contribution < 1.29 is 9.21 Å². The van der Waals surface area contributed by atoms with Crippen molar-refractivity contribution >= 4 is 33.6 Å². The number of halogens is 1. The van der Waals surface area contributed by atoms with E-state index in [-0.39, 0.29) is 5.91 Å². The second-order valence-electron chi connectivity index (χ2n) is 5.01. The van der Waals surface area contributed by atoms with Gasteiger partial charge >= 0.3 is 0 Å². The molecule has 0 spiro atoms. The van der Waals surface area contributed by atoms with E-state index in [1.165, 1.54) is 6.08 Å². The van der Waals surface area contributed by atoms with Gasteiger partial charge in [-0.3, -0.25) is 4.79 Å². The van der Waals surface area contributed by atoms with Crippen LogP contribution in [0.3, 0.4) is 0 Å². The minimum Gasteiger partial charge on any atom is -0.450 e. The Morgan fingerprint density at radius 3 is 2.80 bits per heavy atom. The van der Waals surface area contributed by atoms with Gasteiger partial charge in [0.05, 0.1) is 0 Å². The minimum absolute atomic E-state index is 0.248. The van der Waals surface area contributed by atoms with Gasteiger partial charge in [0.25, 0.3) is 0 Å². The molecule has 0 saturated carbocycles. The Morgan fingerprint density at radius 1 is 1.12 bits per heavy atom. The molecular formula is C20H13BrN2O2. The zero-order valence-corrected chi connectivity index (χ0v) is 14.7. The van der Waals surface area contributed by atoms with Gasteiger partial charge in [0.1, 0.15) is 11.5 Å². The largest absolute Gasteiger partial charge is 0.450 e. The summed E-state index contributed by atoms with van der Waals surface area (Å²) in [6.07, 6.45) is 4.72. The number of furan rings is 1. The highest BCUT2D eigenvalue weighted by Crippen LogP contribution is 2.15. The van der Waals surface area contributed by atoms with Crippen molar-refractivity contribution in [3.63, 3.8) is 0 Å². The molecule has 2 heterocycles. The predicted octanol–water partition coefficient (Wildman–Crippen LogP) is 4.49. The molecule has 5 heteroatoms. The number of benzene rings is 1. The second-order valence-corrected chi connectivity index (χ2v) is 5.79. The van der Waals surface area contributed by atoms with Crippen LogP contribution in [-0.4, -0.2) is 10.9 Å². The average Bonchev–Trinajstić information content (AvgIpc) is 3.05. The number of amides is 1. The fraction of sp³-hybridized carbons (Fsp3) is 0. The lowest BCUT2D eigenvalue weighted by atomic mass is 10.2. The fourth-order valence-electron chi connectivity index (χ4n) is 2.01. The van der Waals surface area contributed by atoms with E-state index >= 15 is 0 Å². The number of nitrogens with zero attached hydrogens (tertiary/aromatic N) is 1. The first-order valence-electron chi connectivity index (χ1n) is 7.46. The molecule has 4 nitrogen and oxygen atoms in total. The number of hydrogen-bond donors (Lipinski definition) is 1. The van der Waals surface area contributed by atoms with E-state index < -0.39 is 0 Å². The van der Waals surface area contributed by atoms with E-state index in [9.17, 15) is 4.79 Å². The molecule has 0 aliphatic heterocycles. The molecular weight excluding hydrogens is 380 g/mol. The molecule has 1 amide bonds. The third-order valence-electron chi connectivity index (χ3n) is 3.12. The van der Waals surface area contributed by atoms with Crippen LogP contribution in [0.5, 0.6) is 0 Å². The predicted molar refractivity (Wildman–Crippen MR) is 101 cm³/mol. The summed E-state index contributed by atoms with van der Waals surface area (Å²) in [5, 5.41) is 2.80. The molecule has 0 bridgehead atoms. The number of aromatic nitrogens is 1. The summed E-state index contributed by atoms with van der Waals surface area (Å²) >= 11 is 3.21. The molecule has 3 rings (SSSR count). The van der Waals surface area contributed by atoms with Gasteiger partial charge in [-0.25, -0.2) is 4.98 Å². The Bertz CT molecular complexity index is 966. The van der Waals surface area contributed by atoms with Crippen LogP contribution in [0, 0.1) is 11.8 Å². The first kappa shape index (κ1) is 16.7. The van der Waals surface area contributed by atoms with Crippen LogP contribution in [0.15, 0.2) is 76.0 Å². The highest BCUT2D eigenvalue weighted by Gasteiger charge is 2.00. The van der Waals surface area contributed by atoms with E-state index in [4.69, 9.17) is 4.42 Å². The van der Waals surface area contributed by atoms with E-state index in [1.54, 1.807) is 30.5 Å². The summed E-state index contributed by atoms with van der Waals surface area (Å²) in [4.78, 5) is 16.1. The van der Waals surface area contributed by atoms with Crippen LogP contribution in [0.4, 0.5) is 5.69 Å². The van der Waals surface area contributed by atoms with Crippen LogP contribution in [-0.2, 0) is 4.79 Å². The van der Waals surface area contributed by atoms with Gasteiger partial charge in [-0.1, -0.05) is 18.1 Å². The molecule has 1 aromatic carbocycles. The maximum atomic E-state index is 12.0. The molecule has 0 unspecified atom stereocenters. The molecule has 122 valence electrons. The Morgan fingerprint density at radius 2 is 2.04 bits per heavy atom. The maximum absolute atomic E-state index is 12.0. The van der Waals surface area contributed by atoms with Crippen molar-refractivity contribution in [3.05, 3.63) is 88.6 Å². The lowest BCUT2D eigenvalue weighted by Crippen LogP contribution is -2.07. The van der Waals surface area contributed by atoms with Crippen molar-refractivity contribution in [2.75, 3.05) is 5.32 Å². The Labute approximate surface area is 153 Å². The average molecular weight is 393 g/mol. The second kappa shape index (κ2) is 8.13. The summed E-state index contributed by atoms with van der Waals surface area (Å²) in [6, 6.07) is 16.4. The van der Waals surface area contributed by atoms with Crippen molar-refractivity contribution in [2.45, 2.75) is 0 Å². The normalized spacial score (nSPS) is 10.3. The van der Waals surface area contributed by atoms with Crippen LogP contribution < -0.4 is 5.32 Å². The van der Waals surface area contributed by atoms with Gasteiger partial charge in [-0.15, -0.1) is 0 Å². The summed E-state index contributed by atoms with van der Waals surface area (Å²) in [5.74, 6) is 6.37. The van der Waals surface area contributed by atoms with Crippen LogP contribution >= 0.6 is 15.9 Å². The number of hydrogen-bond acceptors (Lipinski definition) is 3. The Balaban J connectivity index is 1.66. The van der Waals surface area contributed by atoms with Gasteiger partial charge in [-0.05, 0) is 70.4 Å². The molecule has 0 aliphatic carbocycles. The number of carbonyl (C=O) groups is 1. The van der Waals surface area contributed by atoms with Gasteiger partial charge < -0.3 is 9.73 Å². The van der Waals surface area contributed by atoms with E-state index in [1.807, 2.05) is 36.4 Å². The van der Waals surface area contributed by atoms with E-state index in [0.717, 1.165) is 5.56 Å². The lowest BCUT2D eigenvalue weighted by Gasteiger charge is -2.02. The molecule has 3 aromatic rings. The zero-order chi connectivity index (χ0) is 17.5. The molecule has 0 atom stereocenters. The number of pyridine rings is 1. The Kier molecular flexibility index (Phi) is 5.45. The SMILES string of the molecule is O=C(/C=C\c1ccc(Br)o1)Nc1cccc(C#Cc2ccccn2)c1.